The third-order valence-electron chi connectivity index (χ3n) is 2.64. The van der Waals surface area contributed by atoms with Gasteiger partial charge in [-0.3, -0.25) is 9.69 Å². The number of aliphatic carboxylic acids is 1. The van der Waals surface area contributed by atoms with Crippen LogP contribution in [0.25, 0.3) is 10.8 Å². The van der Waals surface area contributed by atoms with Crippen LogP contribution in [0.15, 0.2) is 28.2 Å². The van der Waals surface area contributed by atoms with Crippen LogP contribution in [-0.2, 0) is 16.1 Å². The molecule has 0 spiro atoms. The zero-order valence-electron chi connectivity index (χ0n) is 11.1. The highest BCUT2D eigenvalue weighted by atomic mass is 32.1. The lowest BCUT2D eigenvalue weighted by Gasteiger charge is -2.18. The quantitative estimate of drug-likeness (QED) is 0.802. The smallest absolute Gasteiger partial charge is 0.317 e. The Bertz CT molecular complexity index is 538. The summed E-state index contributed by atoms with van der Waals surface area (Å²) < 4.78 is 10.3. The van der Waals surface area contributed by atoms with E-state index in [0.717, 1.165) is 16.5 Å². The van der Waals surface area contributed by atoms with Crippen molar-refractivity contribution in [2.75, 3.05) is 26.8 Å². The number of carbonyl (C=O) groups is 1. The van der Waals surface area contributed by atoms with Crippen molar-refractivity contribution < 1.29 is 19.1 Å². The summed E-state index contributed by atoms with van der Waals surface area (Å²) in [6.45, 7) is 1.49. The van der Waals surface area contributed by atoms with Crippen LogP contribution in [0.1, 0.15) is 5.69 Å². The molecule has 0 aliphatic carbocycles. The van der Waals surface area contributed by atoms with E-state index in [1.54, 1.807) is 18.3 Å². The van der Waals surface area contributed by atoms with Gasteiger partial charge in [-0.1, -0.05) is 0 Å². The molecule has 0 fully saturated rings. The van der Waals surface area contributed by atoms with Crippen molar-refractivity contribution in [3.05, 3.63) is 29.5 Å². The van der Waals surface area contributed by atoms with Crippen LogP contribution in [0.3, 0.4) is 0 Å². The summed E-state index contributed by atoms with van der Waals surface area (Å²) in [6, 6.07) is 3.66. The van der Waals surface area contributed by atoms with Gasteiger partial charge in [0.2, 0.25) is 0 Å². The molecule has 0 aromatic carbocycles. The molecule has 0 saturated heterocycles. The number of hydrogen-bond donors (Lipinski definition) is 1. The first-order chi connectivity index (χ1) is 9.69. The lowest BCUT2D eigenvalue weighted by Crippen LogP contribution is -2.32. The predicted octanol–water partition coefficient (Wildman–Crippen LogP) is 1.94. The van der Waals surface area contributed by atoms with Crippen molar-refractivity contribution in [3.8, 4) is 10.8 Å². The maximum Gasteiger partial charge on any atom is 0.317 e. The molecular weight excluding hydrogens is 280 g/mol. The van der Waals surface area contributed by atoms with Gasteiger partial charge >= 0.3 is 5.97 Å². The molecular formula is C13H16N2O4S. The second kappa shape index (κ2) is 7.18. The maximum atomic E-state index is 10.8. The number of hydrogen-bond acceptors (Lipinski definition) is 6. The molecule has 2 aromatic rings. The van der Waals surface area contributed by atoms with Crippen molar-refractivity contribution in [2.24, 2.45) is 0 Å². The maximum absolute atomic E-state index is 10.8. The van der Waals surface area contributed by atoms with Crippen LogP contribution in [0.2, 0.25) is 0 Å². The van der Waals surface area contributed by atoms with E-state index in [0.29, 0.717) is 19.7 Å². The minimum absolute atomic E-state index is 0.0308. The fourth-order valence-electron chi connectivity index (χ4n) is 1.75. The minimum Gasteiger partial charge on any atom is -0.480 e. The molecule has 0 radical (unpaired) electrons. The van der Waals surface area contributed by atoms with Gasteiger partial charge in [0.05, 0.1) is 25.1 Å². The van der Waals surface area contributed by atoms with Crippen LogP contribution in [0.5, 0.6) is 0 Å². The molecule has 7 heteroatoms. The SMILES string of the molecule is COCCN(CC(=O)O)Cc1csc(-c2ccco2)n1. The molecule has 0 aliphatic heterocycles. The van der Waals surface area contributed by atoms with Gasteiger partial charge in [-0.2, -0.15) is 0 Å². The molecule has 108 valence electrons. The zero-order chi connectivity index (χ0) is 14.4. The van der Waals surface area contributed by atoms with E-state index in [1.807, 2.05) is 17.5 Å². The van der Waals surface area contributed by atoms with Gasteiger partial charge in [-0.25, -0.2) is 4.98 Å². The summed E-state index contributed by atoms with van der Waals surface area (Å²) in [4.78, 5) is 17.1. The molecule has 1 N–H and O–H groups in total. The Hall–Kier alpha value is -1.70. The summed E-state index contributed by atoms with van der Waals surface area (Å²) in [6.07, 6.45) is 1.60. The van der Waals surface area contributed by atoms with Crippen molar-refractivity contribution >= 4 is 17.3 Å². The predicted molar refractivity (Wildman–Crippen MR) is 74.6 cm³/mol. The van der Waals surface area contributed by atoms with E-state index in [9.17, 15) is 4.79 Å². The van der Waals surface area contributed by atoms with Gasteiger partial charge in [-0.05, 0) is 12.1 Å². The Labute approximate surface area is 120 Å². The molecule has 0 aliphatic rings. The molecule has 0 atom stereocenters. The molecule has 0 bridgehead atoms. The van der Waals surface area contributed by atoms with E-state index >= 15 is 0 Å². The topological polar surface area (TPSA) is 75.8 Å². The van der Waals surface area contributed by atoms with Gasteiger partial charge in [0.15, 0.2) is 10.8 Å². The number of rotatable bonds is 8. The number of ether oxygens (including phenoxy) is 1. The first-order valence-electron chi connectivity index (χ1n) is 6.10. The molecule has 20 heavy (non-hydrogen) atoms. The Morgan fingerprint density at radius 2 is 2.45 bits per heavy atom. The highest BCUT2D eigenvalue weighted by Crippen LogP contribution is 2.24. The van der Waals surface area contributed by atoms with E-state index in [2.05, 4.69) is 4.98 Å². The first-order valence-corrected chi connectivity index (χ1v) is 6.98. The summed E-state index contributed by atoms with van der Waals surface area (Å²) >= 11 is 1.48. The van der Waals surface area contributed by atoms with Crippen LogP contribution < -0.4 is 0 Å². The molecule has 2 aromatic heterocycles. The molecule has 0 saturated carbocycles. The third-order valence-corrected chi connectivity index (χ3v) is 3.55. The summed E-state index contributed by atoms with van der Waals surface area (Å²) in [5.74, 6) is -0.134. The second-order valence-corrected chi connectivity index (χ2v) is 5.08. The first kappa shape index (κ1) is 14.7. The van der Waals surface area contributed by atoms with Crippen LogP contribution >= 0.6 is 11.3 Å². The normalized spacial score (nSPS) is 11.1. The number of thiazole rings is 1. The number of furan rings is 1. The average molecular weight is 296 g/mol. The van der Waals surface area contributed by atoms with Gasteiger partial charge in [0.1, 0.15) is 0 Å². The fraction of sp³-hybridized carbons (Fsp3) is 0.385. The fourth-order valence-corrected chi connectivity index (χ4v) is 2.52. The Balaban J connectivity index is 2.00. The summed E-state index contributed by atoms with van der Waals surface area (Å²) in [7, 11) is 1.59. The standard InChI is InChI=1S/C13H16N2O4S/c1-18-6-4-15(8-12(16)17)7-10-9-20-13(14-10)11-3-2-5-19-11/h2-3,5,9H,4,6-8H2,1H3,(H,16,17). The number of methoxy groups -OCH3 is 1. The van der Waals surface area contributed by atoms with Crippen LogP contribution in [0, 0.1) is 0 Å². The van der Waals surface area contributed by atoms with E-state index in [-0.39, 0.29) is 6.54 Å². The van der Waals surface area contributed by atoms with Crippen molar-refractivity contribution in [2.45, 2.75) is 6.54 Å². The largest absolute Gasteiger partial charge is 0.480 e. The third kappa shape index (κ3) is 4.16. The molecule has 0 unspecified atom stereocenters. The van der Waals surface area contributed by atoms with E-state index in [1.165, 1.54) is 11.3 Å². The second-order valence-electron chi connectivity index (χ2n) is 4.22. The number of carboxylic acid groups (broad SMARTS) is 1. The summed E-state index contributed by atoms with van der Waals surface area (Å²) in [5, 5.41) is 11.6. The highest BCUT2D eigenvalue weighted by molar-refractivity contribution is 7.13. The van der Waals surface area contributed by atoms with Crippen molar-refractivity contribution in [1.82, 2.24) is 9.88 Å². The average Bonchev–Trinajstić information content (AvgIpc) is 3.05. The molecule has 6 nitrogen and oxygen atoms in total. The molecule has 2 rings (SSSR count). The van der Waals surface area contributed by atoms with Crippen LogP contribution in [-0.4, -0.2) is 47.8 Å². The molecule has 2 heterocycles. The van der Waals surface area contributed by atoms with Gasteiger partial charge < -0.3 is 14.3 Å². The lowest BCUT2D eigenvalue weighted by atomic mass is 10.4. The summed E-state index contributed by atoms with van der Waals surface area (Å²) in [5.41, 5.74) is 0.832. The Kier molecular flexibility index (Phi) is 5.28. The lowest BCUT2D eigenvalue weighted by molar-refractivity contribution is -0.138. The van der Waals surface area contributed by atoms with Crippen LogP contribution in [0.4, 0.5) is 0 Å². The number of aromatic nitrogens is 1. The van der Waals surface area contributed by atoms with Gasteiger partial charge in [0.25, 0.3) is 0 Å². The highest BCUT2D eigenvalue weighted by Gasteiger charge is 2.13. The molecule has 0 amide bonds. The zero-order valence-corrected chi connectivity index (χ0v) is 11.9. The Morgan fingerprint density at radius 3 is 3.10 bits per heavy atom. The van der Waals surface area contributed by atoms with E-state index < -0.39 is 5.97 Å². The van der Waals surface area contributed by atoms with Crippen molar-refractivity contribution in [3.63, 3.8) is 0 Å². The Morgan fingerprint density at radius 1 is 1.60 bits per heavy atom. The van der Waals surface area contributed by atoms with Crippen molar-refractivity contribution in [1.29, 1.82) is 0 Å². The number of carboxylic acids is 1. The van der Waals surface area contributed by atoms with Gasteiger partial charge in [-0.15, -0.1) is 11.3 Å². The monoisotopic (exact) mass is 296 g/mol. The van der Waals surface area contributed by atoms with E-state index in [4.69, 9.17) is 14.3 Å². The van der Waals surface area contributed by atoms with Gasteiger partial charge in [0, 0.05) is 25.6 Å². The minimum atomic E-state index is -0.859. The number of nitrogens with zero attached hydrogens (tertiary/aromatic N) is 2.